The van der Waals surface area contributed by atoms with Crippen molar-refractivity contribution in [2.75, 3.05) is 0 Å². The van der Waals surface area contributed by atoms with E-state index in [9.17, 15) is 22.8 Å². The molecule has 0 aliphatic rings. The van der Waals surface area contributed by atoms with Crippen molar-refractivity contribution in [1.82, 2.24) is 4.98 Å². The quantitative estimate of drug-likeness (QED) is 0.686. The average molecular weight is 300 g/mol. The monoisotopic (exact) mass is 299 g/mol. The number of alkyl halides is 4. The summed E-state index contributed by atoms with van der Waals surface area (Å²) in [6.45, 7) is 0. The molecule has 0 fully saturated rings. The molecule has 0 saturated carbocycles. The summed E-state index contributed by atoms with van der Waals surface area (Å²) in [4.78, 5) is 23.8. The van der Waals surface area contributed by atoms with Gasteiger partial charge in [0.25, 0.3) is 5.56 Å². The van der Waals surface area contributed by atoms with Gasteiger partial charge in [-0.05, 0) is 0 Å². The Morgan fingerprint density at radius 2 is 2.12 bits per heavy atom. The van der Waals surface area contributed by atoms with E-state index in [2.05, 4.69) is 20.7 Å². The van der Waals surface area contributed by atoms with Crippen molar-refractivity contribution >= 4 is 22.2 Å². The summed E-state index contributed by atoms with van der Waals surface area (Å²) >= 11 is 2.90. The molecule has 8 heteroatoms. The van der Waals surface area contributed by atoms with Crippen molar-refractivity contribution in [2.45, 2.75) is 11.7 Å². The smallest absolute Gasteiger partial charge is 0.403 e. The summed E-state index contributed by atoms with van der Waals surface area (Å²) in [7, 11) is 0. The topological polar surface area (TPSA) is 59.2 Å². The maximum absolute atomic E-state index is 12.0. The summed E-state index contributed by atoms with van der Waals surface area (Å²) in [6, 6.07) is 0. The molecule has 0 aliphatic heterocycles. The molecule has 0 radical (unpaired) electrons. The van der Waals surface area contributed by atoms with E-state index in [0.717, 1.165) is 0 Å². The van der Waals surface area contributed by atoms with Crippen LogP contribution in [0.1, 0.15) is 15.9 Å². The van der Waals surface area contributed by atoms with Crippen LogP contribution in [0.25, 0.3) is 0 Å². The molecule has 1 heterocycles. The Kier molecular flexibility index (Phi) is 3.74. The molecule has 0 amide bonds. The first-order valence-electron chi connectivity index (χ1n) is 3.90. The maximum atomic E-state index is 12.0. The number of hydrogen-bond acceptors (Lipinski definition) is 3. The number of aromatic nitrogens is 1. The first-order valence-corrected chi connectivity index (χ1v) is 5.02. The molecule has 1 aromatic rings. The second-order valence-corrected chi connectivity index (χ2v) is 3.23. The summed E-state index contributed by atoms with van der Waals surface area (Å²) in [5, 5.41) is -0.0501. The van der Waals surface area contributed by atoms with Gasteiger partial charge in [-0.25, -0.2) is 0 Å². The van der Waals surface area contributed by atoms with Crippen molar-refractivity contribution in [2.24, 2.45) is 0 Å². The zero-order valence-electron chi connectivity index (χ0n) is 7.60. The predicted octanol–water partition coefficient (Wildman–Crippen LogP) is 1.98. The van der Waals surface area contributed by atoms with Gasteiger partial charge in [-0.3, -0.25) is 9.59 Å². The van der Waals surface area contributed by atoms with Crippen LogP contribution in [0.4, 0.5) is 13.2 Å². The molecule has 0 bridgehead atoms. The van der Waals surface area contributed by atoms with Crippen LogP contribution in [0.5, 0.6) is 5.75 Å². The highest BCUT2D eigenvalue weighted by molar-refractivity contribution is 9.08. The molecule has 0 aliphatic carbocycles. The van der Waals surface area contributed by atoms with E-state index in [-0.39, 0.29) is 17.2 Å². The molecule has 0 unspecified atom stereocenters. The second-order valence-electron chi connectivity index (χ2n) is 2.67. The third-order valence-electron chi connectivity index (χ3n) is 1.68. The fourth-order valence-electron chi connectivity index (χ4n) is 1.04. The van der Waals surface area contributed by atoms with Crippen molar-refractivity contribution in [3.05, 3.63) is 27.7 Å². The third-order valence-corrected chi connectivity index (χ3v) is 2.24. The van der Waals surface area contributed by atoms with E-state index in [1.807, 2.05) is 4.98 Å². The zero-order valence-corrected chi connectivity index (χ0v) is 9.18. The van der Waals surface area contributed by atoms with Crippen LogP contribution in [-0.4, -0.2) is 17.6 Å². The van der Waals surface area contributed by atoms with E-state index in [0.29, 0.717) is 6.20 Å². The van der Waals surface area contributed by atoms with Crippen LogP contribution >= 0.6 is 15.9 Å². The lowest BCUT2D eigenvalue weighted by molar-refractivity contribution is -0.274. The number of ether oxygens (including phenoxy) is 1. The minimum atomic E-state index is -4.92. The average Bonchev–Trinajstić information content (AvgIpc) is 2.18. The number of hydrogen-bond donors (Lipinski definition) is 1. The zero-order chi connectivity index (χ0) is 12.3. The first kappa shape index (κ1) is 12.8. The Balaban J connectivity index is 3.30. The van der Waals surface area contributed by atoms with Gasteiger partial charge in [0, 0.05) is 17.1 Å². The molecular formula is C8H5BrF3NO3. The second kappa shape index (κ2) is 4.69. The van der Waals surface area contributed by atoms with Crippen LogP contribution in [-0.2, 0) is 5.33 Å². The van der Waals surface area contributed by atoms with Gasteiger partial charge in [-0.15, -0.1) is 13.2 Å². The highest BCUT2D eigenvalue weighted by Crippen LogP contribution is 2.25. The van der Waals surface area contributed by atoms with E-state index < -0.39 is 23.2 Å². The van der Waals surface area contributed by atoms with Gasteiger partial charge in [0.2, 0.25) is 0 Å². The molecule has 0 aromatic carbocycles. The van der Waals surface area contributed by atoms with Crippen LogP contribution in [0, 0.1) is 0 Å². The Morgan fingerprint density at radius 3 is 2.56 bits per heavy atom. The van der Waals surface area contributed by atoms with Crippen molar-refractivity contribution < 1.29 is 22.7 Å². The highest BCUT2D eigenvalue weighted by atomic mass is 79.9. The van der Waals surface area contributed by atoms with Gasteiger partial charge < -0.3 is 9.72 Å². The molecule has 1 aromatic heterocycles. The van der Waals surface area contributed by atoms with Crippen LogP contribution in [0.2, 0.25) is 0 Å². The lowest BCUT2D eigenvalue weighted by Gasteiger charge is -2.11. The predicted molar refractivity (Wildman–Crippen MR) is 51.8 cm³/mol. The number of pyridine rings is 1. The van der Waals surface area contributed by atoms with E-state index in [1.54, 1.807) is 0 Å². The molecule has 0 saturated heterocycles. The summed E-state index contributed by atoms with van der Waals surface area (Å²) in [5.41, 5.74) is -1.18. The van der Waals surface area contributed by atoms with Crippen molar-refractivity contribution in [3.8, 4) is 5.75 Å². The lowest BCUT2D eigenvalue weighted by atomic mass is 10.1. The molecule has 16 heavy (non-hydrogen) atoms. The van der Waals surface area contributed by atoms with E-state index in [4.69, 9.17) is 0 Å². The van der Waals surface area contributed by atoms with Gasteiger partial charge in [0.05, 0.1) is 5.56 Å². The number of rotatable bonds is 3. The SMILES string of the molecule is O=Cc1c(OC(F)(F)F)c[nH]c(=O)c1CBr. The highest BCUT2D eigenvalue weighted by Gasteiger charge is 2.32. The van der Waals surface area contributed by atoms with Gasteiger partial charge in [-0.2, -0.15) is 0 Å². The Bertz CT molecular complexity index is 455. The van der Waals surface area contributed by atoms with E-state index >= 15 is 0 Å². The molecule has 1 rings (SSSR count). The van der Waals surface area contributed by atoms with Crippen LogP contribution < -0.4 is 10.3 Å². The van der Waals surface area contributed by atoms with Crippen molar-refractivity contribution in [1.29, 1.82) is 0 Å². The number of H-pyrrole nitrogens is 1. The number of halogens is 4. The number of aldehydes is 1. The summed E-state index contributed by atoms with van der Waals surface area (Å²) in [5.74, 6) is -0.725. The Labute approximate surface area is 95.5 Å². The van der Waals surface area contributed by atoms with Crippen LogP contribution in [0.15, 0.2) is 11.0 Å². The molecule has 4 nitrogen and oxygen atoms in total. The Hall–Kier alpha value is -1.31. The standard InChI is InChI=1S/C8H5BrF3NO3/c9-1-4-5(3-14)6(2-13-7(4)15)16-8(10,11)12/h2-3H,1H2,(H,13,15). The normalized spacial score (nSPS) is 11.2. The lowest BCUT2D eigenvalue weighted by Crippen LogP contribution is -2.21. The number of aromatic amines is 1. The molecule has 0 spiro atoms. The molecular weight excluding hydrogens is 295 g/mol. The molecule has 88 valence electrons. The van der Waals surface area contributed by atoms with Crippen molar-refractivity contribution in [3.63, 3.8) is 0 Å². The van der Waals surface area contributed by atoms with Gasteiger partial charge in [0.15, 0.2) is 12.0 Å². The fraction of sp³-hybridized carbons (Fsp3) is 0.250. The molecule has 0 atom stereocenters. The number of carbonyl (C=O) groups excluding carboxylic acids is 1. The first-order chi connectivity index (χ1) is 7.39. The molecule has 1 N–H and O–H groups in total. The van der Waals surface area contributed by atoms with Gasteiger partial charge in [0.1, 0.15) is 0 Å². The number of carbonyl (C=O) groups is 1. The van der Waals surface area contributed by atoms with E-state index in [1.165, 1.54) is 0 Å². The van der Waals surface area contributed by atoms with Gasteiger partial charge in [-0.1, -0.05) is 15.9 Å². The maximum Gasteiger partial charge on any atom is 0.573 e. The fourth-order valence-corrected chi connectivity index (χ4v) is 1.59. The van der Waals surface area contributed by atoms with Crippen LogP contribution in [0.3, 0.4) is 0 Å². The minimum Gasteiger partial charge on any atom is -0.403 e. The third kappa shape index (κ3) is 2.84. The Morgan fingerprint density at radius 1 is 1.50 bits per heavy atom. The minimum absolute atomic E-state index is 0.0501. The van der Waals surface area contributed by atoms with Gasteiger partial charge >= 0.3 is 6.36 Å². The largest absolute Gasteiger partial charge is 0.573 e. The summed E-state index contributed by atoms with van der Waals surface area (Å²) in [6.07, 6.45) is -4.07. The number of nitrogens with one attached hydrogen (secondary N) is 1. The summed E-state index contributed by atoms with van der Waals surface area (Å²) < 4.78 is 39.5.